The Morgan fingerprint density at radius 1 is 1.36 bits per heavy atom. The van der Waals surface area contributed by atoms with E-state index in [9.17, 15) is 4.79 Å². The molecule has 1 atom stereocenters. The molecule has 1 fully saturated rings. The van der Waals surface area contributed by atoms with Gasteiger partial charge >= 0.3 is 0 Å². The third-order valence-electron chi connectivity index (χ3n) is 4.16. The Bertz CT molecular complexity index is 692. The number of amides is 1. The molecule has 6 heteroatoms. The van der Waals surface area contributed by atoms with Crippen LogP contribution in [0, 0.1) is 12.8 Å². The van der Waals surface area contributed by atoms with Crippen LogP contribution in [0.2, 0.25) is 0 Å². The third-order valence-corrected chi connectivity index (χ3v) is 4.16. The van der Waals surface area contributed by atoms with Gasteiger partial charge in [-0.3, -0.25) is 4.79 Å². The van der Waals surface area contributed by atoms with E-state index < -0.39 is 0 Å². The first-order valence-corrected chi connectivity index (χ1v) is 8.61. The minimum absolute atomic E-state index is 0.0487. The van der Waals surface area contributed by atoms with Crippen molar-refractivity contribution in [2.45, 2.75) is 33.0 Å². The zero-order valence-corrected chi connectivity index (χ0v) is 14.5. The first kappa shape index (κ1) is 17.6. The van der Waals surface area contributed by atoms with E-state index in [-0.39, 0.29) is 12.3 Å². The third kappa shape index (κ3) is 5.69. The summed E-state index contributed by atoms with van der Waals surface area (Å²) >= 11 is 0. The summed E-state index contributed by atoms with van der Waals surface area (Å²) in [6.07, 6.45) is 1.22. The second kappa shape index (κ2) is 8.78. The Kier molecular flexibility index (Phi) is 6.19. The van der Waals surface area contributed by atoms with E-state index in [4.69, 9.17) is 14.0 Å². The molecule has 3 rings (SSSR count). The second-order valence-corrected chi connectivity index (χ2v) is 6.48. The molecule has 134 valence electrons. The van der Waals surface area contributed by atoms with Crippen molar-refractivity contribution < 1.29 is 18.8 Å². The van der Waals surface area contributed by atoms with Crippen molar-refractivity contribution in [3.05, 3.63) is 52.9 Å². The molecule has 1 aromatic heterocycles. The lowest BCUT2D eigenvalue weighted by Gasteiger charge is -2.08. The molecule has 1 saturated heterocycles. The average molecular weight is 344 g/mol. The molecule has 0 spiro atoms. The number of carbonyl (C=O) groups is 1. The summed E-state index contributed by atoms with van der Waals surface area (Å²) in [6, 6.07) is 9.95. The van der Waals surface area contributed by atoms with E-state index in [0.717, 1.165) is 25.2 Å². The average Bonchev–Trinajstić information content (AvgIpc) is 3.25. The fourth-order valence-electron chi connectivity index (χ4n) is 2.81. The number of carbonyl (C=O) groups excluding carboxylic acids is 1. The fraction of sp³-hybridized carbons (Fsp3) is 0.474. The molecule has 1 aliphatic rings. The predicted molar refractivity (Wildman–Crippen MR) is 91.8 cm³/mol. The zero-order chi connectivity index (χ0) is 17.5. The monoisotopic (exact) mass is 344 g/mol. The quantitative estimate of drug-likeness (QED) is 0.796. The predicted octanol–water partition coefficient (Wildman–Crippen LogP) is 2.40. The smallest absolute Gasteiger partial charge is 0.226 e. The van der Waals surface area contributed by atoms with Gasteiger partial charge in [0.25, 0.3) is 0 Å². The van der Waals surface area contributed by atoms with Crippen molar-refractivity contribution in [2.75, 3.05) is 19.8 Å². The fourth-order valence-corrected chi connectivity index (χ4v) is 2.81. The van der Waals surface area contributed by atoms with E-state index in [1.54, 1.807) is 6.07 Å². The molecule has 0 saturated carbocycles. The highest BCUT2D eigenvalue weighted by molar-refractivity contribution is 5.78. The van der Waals surface area contributed by atoms with Crippen molar-refractivity contribution in [1.82, 2.24) is 10.5 Å². The van der Waals surface area contributed by atoms with E-state index in [2.05, 4.69) is 29.5 Å². The van der Waals surface area contributed by atoms with E-state index in [1.165, 1.54) is 5.56 Å². The molecule has 1 amide bonds. The summed E-state index contributed by atoms with van der Waals surface area (Å²) in [5.74, 6) is 0.999. The molecule has 0 aliphatic carbocycles. The zero-order valence-electron chi connectivity index (χ0n) is 14.5. The molecular weight excluding hydrogens is 320 g/mol. The molecule has 1 unspecified atom stereocenters. The van der Waals surface area contributed by atoms with Crippen LogP contribution in [-0.4, -0.2) is 30.8 Å². The molecule has 1 aromatic carbocycles. The lowest BCUT2D eigenvalue weighted by atomic mass is 10.1. The second-order valence-electron chi connectivity index (χ2n) is 6.48. The van der Waals surface area contributed by atoms with Crippen LogP contribution in [0.4, 0.5) is 0 Å². The SMILES string of the molecule is Cc1cccc(COCc2cc(CC(=O)NCC3CCOC3)no2)c1. The lowest BCUT2D eigenvalue weighted by molar-refractivity contribution is -0.120. The van der Waals surface area contributed by atoms with Crippen molar-refractivity contribution in [2.24, 2.45) is 5.92 Å². The normalized spacial score (nSPS) is 16.9. The van der Waals surface area contributed by atoms with E-state index in [0.29, 0.717) is 37.1 Å². The summed E-state index contributed by atoms with van der Waals surface area (Å²) in [5, 5.41) is 6.86. The van der Waals surface area contributed by atoms with Crippen LogP contribution >= 0.6 is 0 Å². The highest BCUT2D eigenvalue weighted by atomic mass is 16.5. The molecular formula is C19H24N2O4. The number of hydrogen-bond acceptors (Lipinski definition) is 5. The number of nitrogens with zero attached hydrogens (tertiary/aromatic N) is 1. The van der Waals surface area contributed by atoms with Crippen LogP contribution in [0.15, 0.2) is 34.9 Å². The van der Waals surface area contributed by atoms with Crippen molar-refractivity contribution in [3.8, 4) is 0 Å². The van der Waals surface area contributed by atoms with Gasteiger partial charge in [-0.05, 0) is 18.9 Å². The van der Waals surface area contributed by atoms with Crippen LogP contribution < -0.4 is 5.32 Å². The van der Waals surface area contributed by atoms with Crippen molar-refractivity contribution in [1.29, 1.82) is 0 Å². The van der Waals surface area contributed by atoms with Crippen LogP contribution in [-0.2, 0) is 33.9 Å². The van der Waals surface area contributed by atoms with Gasteiger partial charge < -0.3 is 19.3 Å². The van der Waals surface area contributed by atoms with Gasteiger partial charge in [0.15, 0.2) is 5.76 Å². The summed E-state index contributed by atoms with van der Waals surface area (Å²) in [4.78, 5) is 11.9. The summed E-state index contributed by atoms with van der Waals surface area (Å²) < 4.78 is 16.2. The number of rotatable bonds is 8. The van der Waals surface area contributed by atoms with Crippen molar-refractivity contribution >= 4 is 5.91 Å². The van der Waals surface area contributed by atoms with Gasteiger partial charge in [0.05, 0.1) is 25.3 Å². The number of benzene rings is 1. The first-order valence-electron chi connectivity index (χ1n) is 8.61. The Morgan fingerprint density at radius 2 is 2.28 bits per heavy atom. The Morgan fingerprint density at radius 3 is 3.08 bits per heavy atom. The molecule has 1 N–H and O–H groups in total. The number of ether oxygens (including phenoxy) is 2. The maximum atomic E-state index is 11.9. The Hall–Kier alpha value is -2.18. The topological polar surface area (TPSA) is 73.6 Å². The van der Waals surface area contributed by atoms with Gasteiger partial charge in [0, 0.05) is 25.1 Å². The minimum atomic E-state index is -0.0487. The Balaban J connectivity index is 1.38. The van der Waals surface area contributed by atoms with Gasteiger partial charge in [-0.2, -0.15) is 0 Å². The molecule has 25 heavy (non-hydrogen) atoms. The Labute approximate surface area is 147 Å². The van der Waals surface area contributed by atoms with Gasteiger partial charge in [0.1, 0.15) is 6.61 Å². The van der Waals surface area contributed by atoms with Crippen LogP contribution in [0.25, 0.3) is 0 Å². The number of hydrogen-bond donors (Lipinski definition) is 1. The summed E-state index contributed by atoms with van der Waals surface area (Å²) in [6.45, 7) is 5.08. The van der Waals surface area contributed by atoms with Crippen LogP contribution in [0.1, 0.15) is 29.0 Å². The van der Waals surface area contributed by atoms with Crippen LogP contribution in [0.5, 0.6) is 0 Å². The molecule has 2 aromatic rings. The molecule has 2 heterocycles. The summed E-state index contributed by atoms with van der Waals surface area (Å²) in [7, 11) is 0. The van der Waals surface area contributed by atoms with Gasteiger partial charge in [0.2, 0.25) is 5.91 Å². The molecule has 0 bridgehead atoms. The van der Waals surface area contributed by atoms with Crippen LogP contribution in [0.3, 0.4) is 0 Å². The highest BCUT2D eigenvalue weighted by Gasteiger charge is 2.17. The molecule has 0 radical (unpaired) electrons. The maximum absolute atomic E-state index is 11.9. The first-order chi connectivity index (χ1) is 12.2. The maximum Gasteiger partial charge on any atom is 0.226 e. The molecule has 1 aliphatic heterocycles. The number of aryl methyl sites for hydroxylation is 1. The summed E-state index contributed by atoms with van der Waals surface area (Å²) in [5.41, 5.74) is 2.95. The minimum Gasteiger partial charge on any atom is -0.381 e. The number of aromatic nitrogens is 1. The van der Waals surface area contributed by atoms with Crippen molar-refractivity contribution in [3.63, 3.8) is 0 Å². The van der Waals surface area contributed by atoms with E-state index in [1.807, 2.05) is 12.1 Å². The highest BCUT2D eigenvalue weighted by Crippen LogP contribution is 2.12. The lowest BCUT2D eigenvalue weighted by Crippen LogP contribution is -2.30. The van der Waals surface area contributed by atoms with Gasteiger partial charge in [-0.25, -0.2) is 0 Å². The van der Waals surface area contributed by atoms with E-state index >= 15 is 0 Å². The number of nitrogens with one attached hydrogen (secondary N) is 1. The largest absolute Gasteiger partial charge is 0.381 e. The van der Waals surface area contributed by atoms with Gasteiger partial charge in [-0.1, -0.05) is 35.0 Å². The molecule has 6 nitrogen and oxygen atoms in total. The standard InChI is InChI=1S/C19H24N2O4/c1-14-3-2-4-15(7-14)11-24-13-18-8-17(21-25-18)9-19(22)20-10-16-5-6-23-12-16/h2-4,7-8,16H,5-6,9-13H2,1H3,(H,20,22). The van der Waals surface area contributed by atoms with Gasteiger partial charge in [-0.15, -0.1) is 0 Å².